The van der Waals surface area contributed by atoms with Crippen molar-refractivity contribution in [3.8, 4) is 0 Å². The van der Waals surface area contributed by atoms with E-state index in [1.807, 2.05) is 17.8 Å². The van der Waals surface area contributed by atoms with Crippen LogP contribution in [0.5, 0.6) is 0 Å². The van der Waals surface area contributed by atoms with Gasteiger partial charge in [0, 0.05) is 22.1 Å². The lowest BCUT2D eigenvalue weighted by Crippen LogP contribution is -2.22. The number of hydrogen-bond acceptors (Lipinski definition) is 3. The second-order valence-electron chi connectivity index (χ2n) is 4.93. The van der Waals surface area contributed by atoms with Crippen molar-refractivity contribution >= 4 is 22.6 Å². The molecule has 6 heteroatoms. The average molecular weight is 388 g/mol. The lowest BCUT2D eigenvalue weighted by Gasteiger charge is -2.19. The van der Waals surface area contributed by atoms with Gasteiger partial charge in [-0.2, -0.15) is 5.10 Å². The normalized spacial score (nSPS) is 12.9. The van der Waals surface area contributed by atoms with Crippen LogP contribution in [0, 0.1) is 9.39 Å². The van der Waals surface area contributed by atoms with E-state index in [4.69, 9.17) is 0 Å². The lowest BCUT2D eigenvalue weighted by atomic mass is 10.0. The van der Waals surface area contributed by atoms with Gasteiger partial charge < -0.3 is 5.32 Å². The standard InChI is InChI=1S/C14H18FIN4/c1-9(2)20-14(18-8-19-20)7-13(17-3)11-5-4-10(15)6-12(11)16/h4-6,8-9,13,17H,7H2,1-3H3. The Kier molecular flexibility index (Phi) is 5.09. The highest BCUT2D eigenvalue weighted by Gasteiger charge is 2.18. The molecule has 0 aliphatic heterocycles. The average Bonchev–Trinajstić information content (AvgIpc) is 2.85. The molecule has 2 rings (SSSR count). The molecule has 0 spiro atoms. The molecule has 1 aromatic heterocycles. The molecular weight excluding hydrogens is 370 g/mol. The van der Waals surface area contributed by atoms with Gasteiger partial charge in [0.25, 0.3) is 0 Å². The van der Waals surface area contributed by atoms with Crippen LogP contribution in [0.15, 0.2) is 24.5 Å². The minimum Gasteiger partial charge on any atom is -0.313 e. The van der Waals surface area contributed by atoms with Crippen LogP contribution < -0.4 is 5.32 Å². The quantitative estimate of drug-likeness (QED) is 0.801. The van der Waals surface area contributed by atoms with Gasteiger partial charge in [-0.15, -0.1) is 0 Å². The molecule has 1 atom stereocenters. The van der Waals surface area contributed by atoms with Crippen LogP contribution in [-0.4, -0.2) is 21.8 Å². The van der Waals surface area contributed by atoms with E-state index in [0.717, 1.165) is 21.4 Å². The van der Waals surface area contributed by atoms with Crippen molar-refractivity contribution in [1.82, 2.24) is 20.1 Å². The van der Waals surface area contributed by atoms with E-state index in [9.17, 15) is 4.39 Å². The number of aromatic nitrogens is 3. The van der Waals surface area contributed by atoms with Crippen molar-refractivity contribution in [2.45, 2.75) is 32.4 Å². The van der Waals surface area contributed by atoms with Crippen molar-refractivity contribution in [2.24, 2.45) is 0 Å². The van der Waals surface area contributed by atoms with Gasteiger partial charge in [-0.1, -0.05) is 6.07 Å². The van der Waals surface area contributed by atoms with Gasteiger partial charge in [-0.05, 0) is 61.2 Å². The third-order valence-corrected chi connectivity index (χ3v) is 4.14. The van der Waals surface area contributed by atoms with E-state index in [1.165, 1.54) is 6.07 Å². The van der Waals surface area contributed by atoms with Gasteiger partial charge in [-0.3, -0.25) is 0 Å². The Hall–Kier alpha value is -1.02. The first kappa shape index (κ1) is 15.4. The zero-order valence-corrected chi connectivity index (χ0v) is 13.9. The van der Waals surface area contributed by atoms with Crippen LogP contribution in [0.2, 0.25) is 0 Å². The fourth-order valence-corrected chi connectivity index (χ4v) is 3.04. The van der Waals surface area contributed by atoms with Crippen LogP contribution in [0.1, 0.15) is 37.3 Å². The molecule has 4 nitrogen and oxygen atoms in total. The first-order valence-electron chi connectivity index (χ1n) is 6.53. The van der Waals surface area contributed by atoms with Gasteiger partial charge in [0.2, 0.25) is 0 Å². The third-order valence-electron chi connectivity index (χ3n) is 3.21. The van der Waals surface area contributed by atoms with E-state index in [-0.39, 0.29) is 17.9 Å². The van der Waals surface area contributed by atoms with Crippen molar-refractivity contribution in [3.05, 3.63) is 45.3 Å². The highest BCUT2D eigenvalue weighted by Crippen LogP contribution is 2.24. The SMILES string of the molecule is CNC(Cc1ncnn1C(C)C)c1ccc(F)cc1I. The summed E-state index contributed by atoms with van der Waals surface area (Å²) in [7, 11) is 1.90. The van der Waals surface area contributed by atoms with Gasteiger partial charge in [-0.25, -0.2) is 14.1 Å². The number of nitrogens with one attached hydrogen (secondary N) is 1. The van der Waals surface area contributed by atoms with E-state index in [2.05, 4.69) is 51.8 Å². The number of likely N-dealkylation sites (N-methyl/N-ethyl adjacent to an activating group) is 1. The van der Waals surface area contributed by atoms with Gasteiger partial charge >= 0.3 is 0 Å². The summed E-state index contributed by atoms with van der Waals surface area (Å²) >= 11 is 2.17. The highest BCUT2D eigenvalue weighted by molar-refractivity contribution is 14.1. The smallest absolute Gasteiger partial charge is 0.138 e. The summed E-state index contributed by atoms with van der Waals surface area (Å²) in [6.07, 6.45) is 2.30. The van der Waals surface area contributed by atoms with E-state index < -0.39 is 0 Å². The van der Waals surface area contributed by atoms with Crippen molar-refractivity contribution in [2.75, 3.05) is 7.05 Å². The van der Waals surface area contributed by atoms with Crippen LogP contribution in [-0.2, 0) is 6.42 Å². The number of rotatable bonds is 5. The second-order valence-corrected chi connectivity index (χ2v) is 6.09. The molecule has 2 aromatic rings. The molecule has 0 aliphatic carbocycles. The summed E-state index contributed by atoms with van der Waals surface area (Å²) in [4.78, 5) is 4.33. The van der Waals surface area contributed by atoms with E-state index >= 15 is 0 Å². The zero-order valence-electron chi connectivity index (χ0n) is 11.8. The number of nitrogens with zero attached hydrogens (tertiary/aromatic N) is 3. The minimum atomic E-state index is -0.210. The summed E-state index contributed by atoms with van der Waals surface area (Å²) in [6.45, 7) is 4.16. The number of halogens is 2. The van der Waals surface area contributed by atoms with Gasteiger partial charge in [0.05, 0.1) is 0 Å². The maximum Gasteiger partial charge on any atom is 0.138 e. The van der Waals surface area contributed by atoms with E-state index in [1.54, 1.807) is 12.4 Å². The molecule has 0 fully saturated rings. The zero-order chi connectivity index (χ0) is 14.7. The van der Waals surface area contributed by atoms with Crippen molar-refractivity contribution < 1.29 is 4.39 Å². The molecule has 1 heterocycles. The maximum absolute atomic E-state index is 13.2. The fraction of sp³-hybridized carbons (Fsp3) is 0.429. The Bertz CT molecular complexity index is 582. The summed E-state index contributed by atoms with van der Waals surface area (Å²) in [5.41, 5.74) is 1.08. The molecule has 0 radical (unpaired) electrons. The molecular formula is C14H18FIN4. The fourth-order valence-electron chi connectivity index (χ4n) is 2.19. The van der Waals surface area contributed by atoms with E-state index in [0.29, 0.717) is 0 Å². The van der Waals surface area contributed by atoms with Crippen molar-refractivity contribution in [1.29, 1.82) is 0 Å². The topological polar surface area (TPSA) is 42.7 Å². The molecule has 0 saturated heterocycles. The predicted molar refractivity (Wildman–Crippen MR) is 85.0 cm³/mol. The number of hydrogen-bond donors (Lipinski definition) is 1. The molecule has 20 heavy (non-hydrogen) atoms. The Morgan fingerprint density at radius 1 is 1.40 bits per heavy atom. The molecule has 108 valence electrons. The first-order valence-corrected chi connectivity index (χ1v) is 7.61. The Labute approximate surface area is 131 Å². The maximum atomic E-state index is 13.2. The largest absolute Gasteiger partial charge is 0.313 e. The molecule has 0 saturated carbocycles. The van der Waals surface area contributed by atoms with Crippen molar-refractivity contribution in [3.63, 3.8) is 0 Å². The van der Waals surface area contributed by atoms with Crippen LogP contribution in [0.3, 0.4) is 0 Å². The Balaban J connectivity index is 2.27. The lowest BCUT2D eigenvalue weighted by molar-refractivity contribution is 0.477. The summed E-state index contributed by atoms with van der Waals surface area (Å²) in [5, 5.41) is 7.52. The number of benzene rings is 1. The van der Waals surface area contributed by atoms with Crippen LogP contribution in [0.4, 0.5) is 4.39 Å². The highest BCUT2D eigenvalue weighted by atomic mass is 127. The molecule has 0 bridgehead atoms. The predicted octanol–water partition coefficient (Wildman–Crippen LogP) is 3.11. The first-order chi connectivity index (χ1) is 9.52. The third kappa shape index (κ3) is 3.35. The monoisotopic (exact) mass is 388 g/mol. The molecule has 0 amide bonds. The van der Waals surface area contributed by atoms with Gasteiger partial charge in [0.15, 0.2) is 0 Å². The van der Waals surface area contributed by atoms with Crippen LogP contribution >= 0.6 is 22.6 Å². The van der Waals surface area contributed by atoms with Gasteiger partial charge in [0.1, 0.15) is 18.0 Å². The molecule has 1 N–H and O–H groups in total. The van der Waals surface area contributed by atoms with Crippen LogP contribution in [0.25, 0.3) is 0 Å². The minimum absolute atomic E-state index is 0.0872. The Morgan fingerprint density at radius 2 is 2.15 bits per heavy atom. The molecule has 0 aliphatic rings. The Morgan fingerprint density at radius 3 is 2.75 bits per heavy atom. The molecule has 1 aromatic carbocycles. The second kappa shape index (κ2) is 6.62. The summed E-state index contributed by atoms with van der Waals surface area (Å²) in [5.74, 6) is 0.720. The summed E-state index contributed by atoms with van der Waals surface area (Å²) in [6, 6.07) is 5.23. The molecule has 1 unspecified atom stereocenters. The summed E-state index contributed by atoms with van der Waals surface area (Å²) < 4.78 is 16.0.